The smallest absolute Gasteiger partial charge is 0.326 e. The summed E-state index contributed by atoms with van der Waals surface area (Å²) in [6, 6.07) is 6.65. The van der Waals surface area contributed by atoms with Gasteiger partial charge in [0.1, 0.15) is 12.1 Å². The summed E-state index contributed by atoms with van der Waals surface area (Å²) in [7, 11) is 0. The van der Waals surface area contributed by atoms with E-state index in [9.17, 15) is 19.2 Å². The van der Waals surface area contributed by atoms with Crippen LogP contribution in [0.25, 0.3) is 0 Å². The Labute approximate surface area is 145 Å². The Kier molecular flexibility index (Phi) is 5.41. The first-order chi connectivity index (χ1) is 11.7. The molecule has 1 aliphatic heterocycles. The van der Waals surface area contributed by atoms with E-state index in [1.165, 1.54) is 13.8 Å². The number of benzene rings is 1. The number of hydrogen-bond acceptors (Lipinski definition) is 5. The molecule has 2 N–H and O–H groups in total. The predicted octanol–water partition coefficient (Wildman–Crippen LogP) is 1.06. The van der Waals surface area contributed by atoms with Crippen molar-refractivity contribution >= 4 is 29.5 Å². The van der Waals surface area contributed by atoms with Crippen LogP contribution in [0.4, 0.5) is 10.5 Å². The van der Waals surface area contributed by atoms with Crippen molar-refractivity contribution in [2.45, 2.75) is 32.7 Å². The highest BCUT2D eigenvalue weighted by molar-refractivity contribution is 6.08. The lowest BCUT2D eigenvalue weighted by atomic mass is 10.1. The van der Waals surface area contributed by atoms with Gasteiger partial charge in [0.25, 0.3) is 11.8 Å². The maximum Gasteiger partial charge on any atom is 0.326 e. The van der Waals surface area contributed by atoms with Crippen molar-refractivity contribution in [3.05, 3.63) is 29.8 Å². The van der Waals surface area contributed by atoms with Gasteiger partial charge in [-0.15, -0.1) is 0 Å². The van der Waals surface area contributed by atoms with Crippen LogP contribution in [0.15, 0.2) is 24.3 Å². The first-order valence-electron chi connectivity index (χ1n) is 7.92. The molecule has 0 atom stereocenters. The number of carbonyl (C=O) groups excluding carboxylic acids is 4. The van der Waals surface area contributed by atoms with Crippen LogP contribution < -0.4 is 10.6 Å². The van der Waals surface area contributed by atoms with Crippen molar-refractivity contribution in [1.29, 1.82) is 0 Å². The van der Waals surface area contributed by atoms with E-state index in [0.29, 0.717) is 5.69 Å². The number of urea groups is 1. The topological polar surface area (TPSA) is 105 Å². The van der Waals surface area contributed by atoms with Gasteiger partial charge in [0, 0.05) is 5.69 Å². The molecule has 0 spiro atoms. The van der Waals surface area contributed by atoms with Gasteiger partial charge in [-0.3, -0.25) is 19.3 Å². The van der Waals surface area contributed by atoms with Crippen LogP contribution >= 0.6 is 0 Å². The maximum absolute atomic E-state index is 12.0. The SMILES string of the molecule is CCc1ccccc1NC(=O)COC(=O)CN1C(=O)NC(C)(C)C1=O. The molecule has 0 unspecified atom stereocenters. The highest BCUT2D eigenvalue weighted by atomic mass is 16.5. The molecule has 0 aliphatic carbocycles. The number of imide groups is 1. The molecular weight excluding hydrogens is 326 g/mol. The summed E-state index contributed by atoms with van der Waals surface area (Å²) in [5, 5.41) is 5.12. The van der Waals surface area contributed by atoms with Crippen LogP contribution in [0.5, 0.6) is 0 Å². The lowest BCUT2D eigenvalue weighted by Crippen LogP contribution is -2.41. The van der Waals surface area contributed by atoms with Crippen LogP contribution in [-0.4, -0.2) is 47.4 Å². The lowest BCUT2D eigenvalue weighted by Gasteiger charge is -2.15. The van der Waals surface area contributed by atoms with Crippen molar-refractivity contribution in [1.82, 2.24) is 10.2 Å². The monoisotopic (exact) mass is 347 g/mol. The Balaban J connectivity index is 1.85. The summed E-state index contributed by atoms with van der Waals surface area (Å²) in [5.41, 5.74) is 0.559. The fourth-order valence-electron chi connectivity index (χ4n) is 2.42. The van der Waals surface area contributed by atoms with E-state index in [2.05, 4.69) is 10.6 Å². The summed E-state index contributed by atoms with van der Waals surface area (Å²) in [4.78, 5) is 48.2. The number of carbonyl (C=O) groups is 4. The molecule has 1 aromatic rings. The molecule has 1 aromatic carbocycles. The Morgan fingerprint density at radius 1 is 1.24 bits per heavy atom. The average Bonchev–Trinajstić information content (AvgIpc) is 2.75. The maximum atomic E-state index is 12.0. The van der Waals surface area contributed by atoms with Crippen molar-refractivity contribution in [3.63, 3.8) is 0 Å². The number of rotatable bonds is 6. The summed E-state index contributed by atoms with van der Waals surface area (Å²) < 4.78 is 4.85. The second-order valence-electron chi connectivity index (χ2n) is 6.17. The fraction of sp³-hybridized carbons (Fsp3) is 0.412. The zero-order valence-corrected chi connectivity index (χ0v) is 14.4. The molecule has 1 fully saturated rings. The minimum atomic E-state index is -1.06. The minimum Gasteiger partial charge on any atom is -0.454 e. The number of para-hydroxylation sites is 1. The molecule has 0 aromatic heterocycles. The normalized spacial score (nSPS) is 15.7. The number of aryl methyl sites for hydroxylation is 1. The molecule has 8 heteroatoms. The summed E-state index contributed by atoms with van der Waals surface area (Å²) in [6.07, 6.45) is 0.748. The summed E-state index contributed by atoms with van der Waals surface area (Å²) in [5.74, 6) is -1.84. The number of hydrogen-bond donors (Lipinski definition) is 2. The summed E-state index contributed by atoms with van der Waals surface area (Å²) >= 11 is 0. The molecule has 134 valence electrons. The van der Waals surface area contributed by atoms with Gasteiger partial charge in [-0.1, -0.05) is 25.1 Å². The minimum absolute atomic E-state index is 0.494. The third kappa shape index (κ3) is 4.34. The molecule has 1 aliphatic rings. The van der Waals surface area contributed by atoms with E-state index >= 15 is 0 Å². The van der Waals surface area contributed by atoms with E-state index in [1.54, 1.807) is 12.1 Å². The van der Waals surface area contributed by atoms with E-state index in [1.807, 2.05) is 19.1 Å². The van der Waals surface area contributed by atoms with Gasteiger partial charge < -0.3 is 15.4 Å². The molecule has 0 radical (unpaired) electrons. The van der Waals surface area contributed by atoms with Crippen LogP contribution in [0.2, 0.25) is 0 Å². The van der Waals surface area contributed by atoms with Crippen LogP contribution in [0, 0.1) is 0 Å². The zero-order valence-electron chi connectivity index (χ0n) is 14.4. The Bertz CT molecular complexity index is 714. The molecule has 0 saturated carbocycles. The van der Waals surface area contributed by atoms with Crippen molar-refractivity contribution < 1.29 is 23.9 Å². The quantitative estimate of drug-likeness (QED) is 0.591. The largest absolute Gasteiger partial charge is 0.454 e. The Morgan fingerprint density at radius 2 is 1.92 bits per heavy atom. The van der Waals surface area contributed by atoms with E-state index in [0.717, 1.165) is 16.9 Å². The zero-order chi connectivity index (χ0) is 18.6. The number of nitrogens with one attached hydrogen (secondary N) is 2. The fourth-order valence-corrected chi connectivity index (χ4v) is 2.42. The van der Waals surface area contributed by atoms with Crippen molar-refractivity contribution in [2.24, 2.45) is 0 Å². The molecule has 4 amide bonds. The number of ether oxygens (including phenoxy) is 1. The molecule has 8 nitrogen and oxygen atoms in total. The van der Waals surface area contributed by atoms with Crippen LogP contribution in [0.1, 0.15) is 26.3 Å². The first-order valence-corrected chi connectivity index (χ1v) is 7.92. The number of esters is 1. The predicted molar refractivity (Wildman–Crippen MR) is 89.7 cm³/mol. The van der Waals surface area contributed by atoms with Gasteiger partial charge in [0.2, 0.25) is 0 Å². The van der Waals surface area contributed by atoms with Gasteiger partial charge in [0.05, 0.1) is 0 Å². The van der Waals surface area contributed by atoms with Crippen LogP contribution in [-0.2, 0) is 25.5 Å². The molecule has 0 bridgehead atoms. The van der Waals surface area contributed by atoms with Gasteiger partial charge >= 0.3 is 12.0 Å². The van der Waals surface area contributed by atoms with Gasteiger partial charge in [0.15, 0.2) is 6.61 Å². The first kappa shape index (κ1) is 18.4. The molecule has 1 saturated heterocycles. The lowest BCUT2D eigenvalue weighted by molar-refractivity contribution is -0.150. The van der Waals surface area contributed by atoms with Gasteiger partial charge in [-0.25, -0.2) is 4.79 Å². The summed E-state index contributed by atoms with van der Waals surface area (Å²) in [6.45, 7) is 4.01. The highest BCUT2D eigenvalue weighted by Crippen LogP contribution is 2.17. The third-order valence-corrected chi connectivity index (χ3v) is 3.77. The second-order valence-corrected chi connectivity index (χ2v) is 6.17. The number of anilines is 1. The van der Waals surface area contributed by atoms with E-state index in [4.69, 9.17) is 4.74 Å². The van der Waals surface area contributed by atoms with Crippen molar-refractivity contribution in [2.75, 3.05) is 18.5 Å². The van der Waals surface area contributed by atoms with Gasteiger partial charge in [-0.2, -0.15) is 0 Å². The number of amides is 4. The molecule has 2 rings (SSSR count). The highest BCUT2D eigenvalue weighted by Gasteiger charge is 2.45. The Hall–Kier alpha value is -2.90. The standard InChI is InChI=1S/C17H21N3O5/c1-4-11-7-5-6-8-12(11)18-13(21)10-25-14(22)9-20-15(23)17(2,3)19-16(20)24/h5-8H,4,9-10H2,1-3H3,(H,18,21)(H,19,24). The van der Waals surface area contributed by atoms with Crippen LogP contribution in [0.3, 0.4) is 0 Å². The van der Waals surface area contributed by atoms with Crippen molar-refractivity contribution in [3.8, 4) is 0 Å². The van der Waals surface area contributed by atoms with E-state index in [-0.39, 0.29) is 0 Å². The molecular formula is C17H21N3O5. The molecule has 1 heterocycles. The Morgan fingerprint density at radius 3 is 2.52 bits per heavy atom. The van der Waals surface area contributed by atoms with E-state index < -0.39 is 42.5 Å². The van der Waals surface area contributed by atoms with Gasteiger partial charge in [-0.05, 0) is 31.9 Å². The second kappa shape index (κ2) is 7.33. The number of nitrogens with zero attached hydrogens (tertiary/aromatic N) is 1. The molecule has 25 heavy (non-hydrogen) atoms. The third-order valence-electron chi connectivity index (χ3n) is 3.77. The average molecular weight is 347 g/mol.